The van der Waals surface area contributed by atoms with Crippen molar-refractivity contribution in [2.75, 3.05) is 6.54 Å². The van der Waals surface area contributed by atoms with E-state index in [1.807, 2.05) is 17.3 Å². The zero-order valence-electron chi connectivity index (χ0n) is 13.9. The van der Waals surface area contributed by atoms with Gasteiger partial charge in [-0.05, 0) is 62.6 Å². The molecule has 3 heterocycles. The fourth-order valence-corrected chi connectivity index (χ4v) is 3.97. The van der Waals surface area contributed by atoms with Crippen LogP contribution in [0.3, 0.4) is 0 Å². The van der Waals surface area contributed by atoms with Crippen LogP contribution >= 0.6 is 0 Å². The summed E-state index contributed by atoms with van der Waals surface area (Å²) < 4.78 is 5.43. The monoisotopic (exact) mass is 325 g/mol. The number of aromatic nitrogens is 2. The lowest BCUT2D eigenvalue weighted by atomic mass is 9.96. The highest BCUT2D eigenvalue weighted by Crippen LogP contribution is 2.28. The van der Waals surface area contributed by atoms with Crippen LogP contribution < -0.4 is 0 Å². The zero-order chi connectivity index (χ0) is 16.4. The number of hydrogen-bond acceptors (Lipinski definition) is 4. The Hall–Kier alpha value is -2.17. The number of rotatable bonds is 4. The third-order valence-electron chi connectivity index (χ3n) is 5.31. The van der Waals surface area contributed by atoms with Gasteiger partial charge in [-0.25, -0.2) is 0 Å². The molecular formula is C19H23N3O2. The normalized spacial score (nSPS) is 20.2. The van der Waals surface area contributed by atoms with Crippen molar-refractivity contribution in [2.45, 2.75) is 57.4 Å². The van der Waals surface area contributed by atoms with E-state index in [-0.39, 0.29) is 5.91 Å². The van der Waals surface area contributed by atoms with Gasteiger partial charge in [0.2, 0.25) is 0 Å². The summed E-state index contributed by atoms with van der Waals surface area (Å²) >= 11 is 0. The number of aryl methyl sites for hydroxylation is 2. The van der Waals surface area contributed by atoms with Crippen molar-refractivity contribution in [3.63, 3.8) is 0 Å². The van der Waals surface area contributed by atoms with Crippen molar-refractivity contribution in [3.8, 4) is 0 Å². The van der Waals surface area contributed by atoms with Crippen LogP contribution in [-0.4, -0.2) is 33.5 Å². The molecule has 4 rings (SSSR count). The topological polar surface area (TPSA) is 59.2 Å². The van der Waals surface area contributed by atoms with Crippen LogP contribution in [0.25, 0.3) is 0 Å². The highest BCUT2D eigenvalue weighted by molar-refractivity contribution is 5.94. The molecule has 0 spiro atoms. The van der Waals surface area contributed by atoms with Crippen molar-refractivity contribution >= 4 is 5.91 Å². The van der Waals surface area contributed by atoms with Gasteiger partial charge in [-0.15, -0.1) is 0 Å². The van der Waals surface area contributed by atoms with Crippen LogP contribution in [0.5, 0.6) is 0 Å². The highest BCUT2D eigenvalue weighted by Gasteiger charge is 2.33. The van der Waals surface area contributed by atoms with Gasteiger partial charge in [-0.3, -0.25) is 9.78 Å². The van der Waals surface area contributed by atoms with Gasteiger partial charge in [0.25, 0.3) is 5.91 Å². The van der Waals surface area contributed by atoms with Crippen molar-refractivity contribution in [1.82, 2.24) is 15.0 Å². The summed E-state index contributed by atoms with van der Waals surface area (Å²) in [6.45, 7) is 0.835. The number of hydrogen-bond donors (Lipinski definition) is 0. The maximum absolute atomic E-state index is 13.0. The predicted molar refractivity (Wildman–Crippen MR) is 89.8 cm³/mol. The van der Waals surface area contributed by atoms with Crippen molar-refractivity contribution in [3.05, 3.63) is 47.1 Å². The molecule has 2 aromatic heterocycles. The lowest BCUT2D eigenvalue weighted by molar-refractivity contribution is 0.0719. The van der Waals surface area contributed by atoms with Crippen LogP contribution in [0.15, 0.2) is 29.0 Å². The molecule has 5 heteroatoms. The summed E-state index contributed by atoms with van der Waals surface area (Å²) in [5.74, 6) is 0.997. The largest absolute Gasteiger partial charge is 0.360 e. The Morgan fingerprint density at radius 1 is 1.21 bits per heavy atom. The Bertz CT molecular complexity index is 711. The zero-order valence-corrected chi connectivity index (χ0v) is 13.9. The second-order valence-corrected chi connectivity index (χ2v) is 6.83. The van der Waals surface area contributed by atoms with Crippen LogP contribution in [0, 0.1) is 0 Å². The minimum absolute atomic E-state index is 0.0686. The molecule has 0 unspecified atom stereocenters. The minimum Gasteiger partial charge on any atom is -0.360 e. The van der Waals surface area contributed by atoms with Crippen LogP contribution in [0.4, 0.5) is 0 Å². The molecule has 0 radical (unpaired) electrons. The van der Waals surface area contributed by atoms with E-state index in [1.54, 1.807) is 0 Å². The quantitative estimate of drug-likeness (QED) is 0.866. The lowest BCUT2D eigenvalue weighted by Crippen LogP contribution is -2.36. The molecule has 1 aliphatic heterocycles. The second-order valence-electron chi connectivity index (χ2n) is 6.83. The van der Waals surface area contributed by atoms with E-state index in [2.05, 4.69) is 22.3 Å². The van der Waals surface area contributed by atoms with Gasteiger partial charge in [0.15, 0.2) is 5.69 Å². The Balaban J connectivity index is 1.46. The van der Waals surface area contributed by atoms with Gasteiger partial charge in [0.1, 0.15) is 5.76 Å². The van der Waals surface area contributed by atoms with Crippen LogP contribution in [0.2, 0.25) is 0 Å². The van der Waals surface area contributed by atoms with Gasteiger partial charge < -0.3 is 9.42 Å². The average molecular weight is 325 g/mol. The van der Waals surface area contributed by atoms with Gasteiger partial charge in [-0.1, -0.05) is 5.16 Å². The smallest absolute Gasteiger partial charge is 0.276 e. The molecule has 0 bridgehead atoms. The van der Waals surface area contributed by atoms with E-state index in [9.17, 15) is 4.79 Å². The first kappa shape index (κ1) is 15.4. The van der Waals surface area contributed by atoms with Gasteiger partial charge in [0.05, 0.1) is 0 Å². The maximum atomic E-state index is 13.0. The molecule has 1 atom stereocenters. The number of fused-ring (bicyclic) bond motifs is 1. The summed E-state index contributed by atoms with van der Waals surface area (Å²) in [7, 11) is 0. The first-order chi connectivity index (χ1) is 11.8. The number of amides is 1. The van der Waals surface area contributed by atoms with Crippen LogP contribution in [0.1, 0.15) is 59.5 Å². The first-order valence-corrected chi connectivity index (χ1v) is 9.00. The Morgan fingerprint density at radius 3 is 2.92 bits per heavy atom. The lowest BCUT2D eigenvalue weighted by Gasteiger charge is -2.24. The summed E-state index contributed by atoms with van der Waals surface area (Å²) in [5, 5.41) is 4.12. The summed E-state index contributed by atoms with van der Waals surface area (Å²) in [4.78, 5) is 19.1. The fourth-order valence-electron chi connectivity index (χ4n) is 3.97. The molecule has 1 saturated heterocycles. The van der Waals surface area contributed by atoms with E-state index >= 15 is 0 Å². The van der Waals surface area contributed by atoms with Gasteiger partial charge in [0, 0.05) is 37.0 Å². The first-order valence-electron chi connectivity index (χ1n) is 9.00. The molecular weight excluding hydrogens is 302 g/mol. The number of likely N-dealkylation sites (tertiary alicyclic amines) is 1. The van der Waals surface area contributed by atoms with E-state index in [0.717, 1.165) is 69.2 Å². The summed E-state index contributed by atoms with van der Waals surface area (Å²) in [6, 6.07) is 4.41. The van der Waals surface area contributed by atoms with E-state index in [4.69, 9.17) is 4.52 Å². The van der Waals surface area contributed by atoms with Crippen LogP contribution in [-0.2, 0) is 19.3 Å². The molecule has 0 aromatic carbocycles. The molecule has 2 aliphatic rings. The number of nitrogens with zero attached hydrogens (tertiary/aromatic N) is 3. The van der Waals surface area contributed by atoms with Gasteiger partial charge >= 0.3 is 0 Å². The second kappa shape index (κ2) is 6.75. The molecule has 1 fully saturated rings. The average Bonchev–Trinajstić information content (AvgIpc) is 3.27. The standard InChI is InChI=1S/C19H23N3O2/c23-19(18-16-5-1-2-6-17(16)24-21-18)22-13-3-4-15(22)8-7-14-9-11-20-12-10-14/h9-12,15H,1-8,13H2/t15-/m1/s1. The molecule has 1 aliphatic carbocycles. The highest BCUT2D eigenvalue weighted by atomic mass is 16.5. The SMILES string of the molecule is O=C(c1noc2c1CCCC2)N1CCC[C@@H]1CCc1ccncc1. The molecule has 0 saturated carbocycles. The fraction of sp³-hybridized carbons (Fsp3) is 0.526. The predicted octanol–water partition coefficient (Wildman–Crippen LogP) is 3.19. The number of pyridine rings is 1. The van der Waals surface area contributed by atoms with E-state index in [1.165, 1.54) is 5.56 Å². The third-order valence-corrected chi connectivity index (χ3v) is 5.31. The Labute approximate surface area is 142 Å². The molecule has 126 valence electrons. The van der Waals surface area contributed by atoms with Crippen molar-refractivity contribution in [2.24, 2.45) is 0 Å². The molecule has 1 amide bonds. The minimum atomic E-state index is 0.0686. The molecule has 5 nitrogen and oxygen atoms in total. The molecule has 0 N–H and O–H groups in total. The Morgan fingerprint density at radius 2 is 2.04 bits per heavy atom. The Kier molecular flexibility index (Phi) is 4.32. The molecule has 2 aromatic rings. The van der Waals surface area contributed by atoms with Crippen molar-refractivity contribution < 1.29 is 9.32 Å². The van der Waals surface area contributed by atoms with E-state index in [0.29, 0.717) is 11.7 Å². The molecule has 24 heavy (non-hydrogen) atoms. The third kappa shape index (κ3) is 2.95. The van der Waals surface area contributed by atoms with Crippen molar-refractivity contribution in [1.29, 1.82) is 0 Å². The summed E-state index contributed by atoms with van der Waals surface area (Å²) in [6.07, 6.45) is 11.9. The summed E-state index contributed by atoms with van der Waals surface area (Å²) in [5.41, 5.74) is 2.91. The maximum Gasteiger partial charge on any atom is 0.276 e. The van der Waals surface area contributed by atoms with E-state index < -0.39 is 0 Å². The number of carbonyl (C=O) groups is 1. The van der Waals surface area contributed by atoms with Gasteiger partial charge in [-0.2, -0.15) is 0 Å². The number of carbonyl (C=O) groups excluding carboxylic acids is 1.